The van der Waals surface area contributed by atoms with Gasteiger partial charge in [0.15, 0.2) is 6.04 Å². The smallest absolute Gasteiger partial charge is 0.328 e. The summed E-state index contributed by atoms with van der Waals surface area (Å²) < 4.78 is 7.16. The molecule has 0 saturated heterocycles. The molecule has 0 saturated carbocycles. The summed E-state index contributed by atoms with van der Waals surface area (Å²) in [4.78, 5) is 17.7. The molecule has 0 fully saturated rings. The lowest BCUT2D eigenvalue weighted by Gasteiger charge is -2.27. The largest absolute Gasteiger partial charge is 0.492 e. The number of likely N-dealkylation sites (N-methyl/N-ethyl adjacent to an activating group) is 1. The highest BCUT2D eigenvalue weighted by molar-refractivity contribution is 5.72. The molecule has 3 N–H and O–H groups in total. The van der Waals surface area contributed by atoms with Crippen LogP contribution in [0.25, 0.3) is 0 Å². The zero-order chi connectivity index (χ0) is 18.0. The normalized spacial score (nSPS) is 19.6. The highest BCUT2D eigenvalue weighted by Gasteiger charge is 2.34. The second-order valence-electron chi connectivity index (χ2n) is 6.48. The molecule has 0 aliphatic carbocycles. The number of aromatic nitrogens is 3. The molecule has 0 radical (unpaired) electrons. The van der Waals surface area contributed by atoms with E-state index < -0.39 is 12.0 Å². The third-order valence-electron chi connectivity index (χ3n) is 4.38. The Balaban J connectivity index is 1.77. The first-order chi connectivity index (χ1) is 12.0. The molecular formula is C17H23N5O3. The minimum atomic E-state index is -0.908. The van der Waals surface area contributed by atoms with Crippen molar-refractivity contribution in [3.05, 3.63) is 35.7 Å². The average Bonchev–Trinajstić information content (AvgIpc) is 2.95. The fourth-order valence-corrected chi connectivity index (χ4v) is 3.08. The van der Waals surface area contributed by atoms with Crippen molar-refractivity contribution < 1.29 is 14.6 Å². The fourth-order valence-electron chi connectivity index (χ4n) is 3.08. The summed E-state index contributed by atoms with van der Waals surface area (Å²) in [5.74, 6) is 0.602. The Morgan fingerprint density at radius 2 is 2.08 bits per heavy atom. The van der Waals surface area contributed by atoms with Crippen molar-refractivity contribution in [1.29, 1.82) is 0 Å². The Bertz CT molecular complexity index is 741. The lowest BCUT2D eigenvalue weighted by molar-refractivity contribution is -0.141. The van der Waals surface area contributed by atoms with Crippen LogP contribution in [0.2, 0.25) is 0 Å². The van der Waals surface area contributed by atoms with Gasteiger partial charge in [0.1, 0.15) is 18.2 Å². The molecule has 1 aromatic heterocycles. The number of carboxylic acid groups (broad SMARTS) is 1. The lowest BCUT2D eigenvalue weighted by atomic mass is 9.88. The predicted octanol–water partition coefficient (Wildman–Crippen LogP) is 1.35. The summed E-state index contributed by atoms with van der Waals surface area (Å²) in [7, 11) is 4.00. The van der Waals surface area contributed by atoms with Crippen molar-refractivity contribution in [3.63, 3.8) is 0 Å². The predicted molar refractivity (Wildman–Crippen MR) is 92.7 cm³/mol. The molecule has 1 aliphatic heterocycles. The summed E-state index contributed by atoms with van der Waals surface area (Å²) in [5.41, 5.74) is 6.76. The van der Waals surface area contributed by atoms with Crippen molar-refractivity contribution >= 4 is 11.9 Å². The van der Waals surface area contributed by atoms with Crippen LogP contribution < -0.4 is 10.5 Å². The first-order valence-corrected chi connectivity index (χ1v) is 8.28. The Hall–Kier alpha value is -2.61. The second-order valence-corrected chi connectivity index (χ2v) is 6.48. The van der Waals surface area contributed by atoms with Crippen LogP contribution in [0.3, 0.4) is 0 Å². The van der Waals surface area contributed by atoms with Crippen molar-refractivity contribution in [2.75, 3.05) is 33.0 Å². The highest BCUT2D eigenvalue weighted by Crippen LogP contribution is 2.37. The van der Waals surface area contributed by atoms with Gasteiger partial charge in [0.05, 0.1) is 0 Å². The molecule has 0 amide bonds. The number of carbonyl (C=O) groups is 1. The Morgan fingerprint density at radius 1 is 1.36 bits per heavy atom. The molecule has 1 aromatic carbocycles. The van der Waals surface area contributed by atoms with E-state index in [0.29, 0.717) is 25.3 Å². The van der Waals surface area contributed by atoms with Gasteiger partial charge >= 0.3 is 5.97 Å². The second kappa shape index (κ2) is 7.10. The zero-order valence-electron chi connectivity index (χ0n) is 14.4. The number of nitrogens with zero attached hydrogens (tertiary/aromatic N) is 4. The summed E-state index contributed by atoms with van der Waals surface area (Å²) in [5, 5.41) is 13.4. The quantitative estimate of drug-likeness (QED) is 0.814. The first-order valence-electron chi connectivity index (χ1n) is 8.28. The average molecular weight is 345 g/mol. The highest BCUT2D eigenvalue weighted by atomic mass is 16.5. The number of anilines is 1. The SMILES string of the molecule is CN(C)CCOc1ccc(C2CCC(C(=O)O)n3nc(N)nc32)cc1. The molecule has 2 unspecified atom stereocenters. The molecule has 2 heterocycles. The van der Waals surface area contributed by atoms with Gasteiger partial charge in [0.2, 0.25) is 5.95 Å². The summed E-state index contributed by atoms with van der Waals surface area (Å²) in [6, 6.07) is 7.14. The summed E-state index contributed by atoms with van der Waals surface area (Å²) in [6.45, 7) is 1.48. The number of hydrogen-bond acceptors (Lipinski definition) is 6. The van der Waals surface area contributed by atoms with E-state index in [1.54, 1.807) is 0 Å². The van der Waals surface area contributed by atoms with Gasteiger partial charge in [-0.1, -0.05) is 12.1 Å². The van der Waals surface area contributed by atoms with Crippen molar-refractivity contribution in [1.82, 2.24) is 19.7 Å². The van der Waals surface area contributed by atoms with Crippen LogP contribution in [-0.4, -0.2) is 58.0 Å². The maximum absolute atomic E-state index is 11.4. The molecule has 8 heteroatoms. The van der Waals surface area contributed by atoms with Crippen LogP contribution in [0, 0.1) is 0 Å². The Morgan fingerprint density at radius 3 is 2.72 bits per heavy atom. The molecule has 2 atom stereocenters. The molecule has 0 spiro atoms. The topological polar surface area (TPSA) is 106 Å². The van der Waals surface area contributed by atoms with Gasteiger partial charge in [-0.2, -0.15) is 4.98 Å². The number of carboxylic acids is 1. The van der Waals surface area contributed by atoms with E-state index in [4.69, 9.17) is 10.5 Å². The van der Waals surface area contributed by atoms with E-state index in [1.807, 2.05) is 38.4 Å². The van der Waals surface area contributed by atoms with Crippen LogP contribution >= 0.6 is 0 Å². The van der Waals surface area contributed by atoms with E-state index in [0.717, 1.165) is 17.9 Å². The molecule has 0 bridgehead atoms. The van der Waals surface area contributed by atoms with Crippen molar-refractivity contribution in [2.45, 2.75) is 24.8 Å². The van der Waals surface area contributed by atoms with E-state index in [-0.39, 0.29) is 11.9 Å². The summed E-state index contributed by atoms with van der Waals surface area (Å²) >= 11 is 0. The molecular weight excluding hydrogens is 322 g/mol. The Labute approximate surface area is 146 Å². The number of nitrogens with two attached hydrogens (primary N) is 1. The lowest BCUT2D eigenvalue weighted by Crippen LogP contribution is -2.28. The minimum absolute atomic E-state index is 0.0174. The van der Waals surface area contributed by atoms with Crippen LogP contribution in [0.15, 0.2) is 24.3 Å². The molecule has 134 valence electrons. The van der Waals surface area contributed by atoms with Crippen molar-refractivity contribution in [3.8, 4) is 5.75 Å². The molecule has 3 rings (SSSR count). The van der Waals surface area contributed by atoms with Gasteiger partial charge < -0.3 is 20.5 Å². The number of ether oxygens (including phenoxy) is 1. The monoisotopic (exact) mass is 345 g/mol. The van der Waals surface area contributed by atoms with E-state index in [9.17, 15) is 9.90 Å². The number of fused-ring (bicyclic) bond motifs is 1. The van der Waals surface area contributed by atoms with E-state index >= 15 is 0 Å². The maximum Gasteiger partial charge on any atom is 0.328 e. The molecule has 8 nitrogen and oxygen atoms in total. The third-order valence-corrected chi connectivity index (χ3v) is 4.38. The van der Waals surface area contributed by atoms with Crippen LogP contribution in [-0.2, 0) is 4.79 Å². The van der Waals surface area contributed by atoms with Gasteiger partial charge in [0, 0.05) is 12.5 Å². The number of nitrogen functional groups attached to an aromatic ring is 1. The van der Waals surface area contributed by atoms with Gasteiger partial charge in [-0.15, -0.1) is 5.10 Å². The van der Waals surface area contributed by atoms with Gasteiger partial charge in [-0.3, -0.25) is 0 Å². The van der Waals surface area contributed by atoms with E-state index in [1.165, 1.54) is 4.68 Å². The van der Waals surface area contributed by atoms with Crippen LogP contribution in [0.1, 0.15) is 36.2 Å². The van der Waals surface area contributed by atoms with E-state index in [2.05, 4.69) is 15.0 Å². The minimum Gasteiger partial charge on any atom is -0.492 e. The van der Waals surface area contributed by atoms with Crippen LogP contribution in [0.5, 0.6) is 5.75 Å². The first kappa shape index (κ1) is 17.2. The van der Waals surface area contributed by atoms with Gasteiger partial charge in [0.25, 0.3) is 0 Å². The van der Waals surface area contributed by atoms with Gasteiger partial charge in [-0.05, 0) is 44.6 Å². The number of rotatable bonds is 6. The molecule has 1 aliphatic rings. The molecule has 25 heavy (non-hydrogen) atoms. The van der Waals surface area contributed by atoms with Gasteiger partial charge in [-0.25, -0.2) is 9.48 Å². The van der Waals surface area contributed by atoms with Crippen LogP contribution in [0.4, 0.5) is 5.95 Å². The van der Waals surface area contributed by atoms with Crippen molar-refractivity contribution in [2.24, 2.45) is 0 Å². The summed E-state index contributed by atoms with van der Waals surface area (Å²) in [6.07, 6.45) is 1.19. The zero-order valence-corrected chi connectivity index (χ0v) is 14.4. The maximum atomic E-state index is 11.4. The molecule has 2 aromatic rings. The standard InChI is InChI=1S/C17H23N5O3/c1-21(2)9-10-25-12-5-3-11(4-6-12)13-7-8-14(16(23)24)22-15(13)19-17(18)20-22/h3-6,13-14H,7-10H2,1-2H3,(H2,18,20)(H,23,24). The third kappa shape index (κ3) is 3.74. The fraction of sp³-hybridized carbons (Fsp3) is 0.471. The number of benzene rings is 1. The number of hydrogen-bond donors (Lipinski definition) is 2. The Kier molecular flexibility index (Phi) is 4.89. The number of aliphatic carboxylic acids is 1.